The number of aryl methyl sites for hydroxylation is 1. The number of piperidine rings is 1. The molecule has 5 unspecified atom stereocenters. The van der Waals surface area contributed by atoms with Crippen molar-refractivity contribution in [2.45, 2.75) is 43.4 Å². The van der Waals surface area contributed by atoms with E-state index in [-0.39, 0.29) is 11.5 Å². The zero-order valence-electron chi connectivity index (χ0n) is 12.2. The number of ether oxygens (including phenoxy) is 1. The summed E-state index contributed by atoms with van der Waals surface area (Å²) in [5.74, 6) is 1.45. The van der Waals surface area contributed by atoms with Crippen molar-refractivity contribution in [1.82, 2.24) is 0 Å². The zero-order valence-corrected chi connectivity index (χ0v) is 12.2. The molecule has 1 fully saturated rings. The predicted molar refractivity (Wildman–Crippen MR) is 80.3 cm³/mol. The average Bonchev–Trinajstić information content (AvgIpc) is 2.83. The molecule has 5 rings (SSSR count). The molecule has 1 aromatic carbocycles. The summed E-state index contributed by atoms with van der Waals surface area (Å²) in [6.45, 7) is 7.35. The molecule has 1 spiro atoms. The maximum atomic E-state index is 10.5. The Morgan fingerprint density at radius 1 is 1.38 bits per heavy atom. The lowest BCUT2D eigenvalue weighted by Crippen LogP contribution is -2.63. The highest BCUT2D eigenvalue weighted by atomic mass is 16.5. The number of hydrogen-bond acceptors (Lipinski definition) is 2. The fourth-order valence-electron chi connectivity index (χ4n) is 5.28. The van der Waals surface area contributed by atoms with Crippen molar-refractivity contribution in [2.75, 3.05) is 6.54 Å². The third-order valence-electron chi connectivity index (χ3n) is 6.20. The highest BCUT2D eigenvalue weighted by molar-refractivity contribution is 5.59. The molecule has 0 amide bonds. The average molecular weight is 282 g/mol. The highest BCUT2D eigenvalue weighted by Crippen LogP contribution is 2.60. The van der Waals surface area contributed by atoms with Gasteiger partial charge in [0.1, 0.15) is 31.2 Å². The van der Waals surface area contributed by atoms with Gasteiger partial charge in [0.2, 0.25) is 0 Å². The van der Waals surface area contributed by atoms with Gasteiger partial charge in [-0.1, -0.05) is 24.3 Å². The van der Waals surface area contributed by atoms with E-state index in [0.29, 0.717) is 12.0 Å². The van der Waals surface area contributed by atoms with Crippen LogP contribution < -0.4 is 4.74 Å². The first-order valence-electron chi connectivity index (χ1n) is 7.86. The lowest BCUT2D eigenvalue weighted by molar-refractivity contribution is -0.584. The van der Waals surface area contributed by atoms with Gasteiger partial charge < -0.3 is 9.84 Å². The first-order chi connectivity index (χ1) is 10.1. The van der Waals surface area contributed by atoms with E-state index in [9.17, 15) is 5.11 Å². The fraction of sp³-hybridized carbons (Fsp3) is 0.500. The third kappa shape index (κ3) is 1.19. The van der Waals surface area contributed by atoms with E-state index in [1.54, 1.807) is 0 Å². The van der Waals surface area contributed by atoms with Crippen LogP contribution in [0.5, 0.6) is 5.75 Å². The first kappa shape index (κ1) is 12.0. The van der Waals surface area contributed by atoms with E-state index in [2.05, 4.69) is 36.4 Å². The molecule has 4 aliphatic rings. The summed E-state index contributed by atoms with van der Waals surface area (Å²) < 4.78 is 8.56. The first-order valence-corrected chi connectivity index (χ1v) is 7.86. The SMILES string of the molecule is C=[N+]1CCC23c4c5ccc(C)c4OC2C(O)C=CC3C1C5. The zero-order chi connectivity index (χ0) is 14.4. The second-order valence-electron chi connectivity index (χ2n) is 7.06. The minimum atomic E-state index is -0.504. The molecule has 108 valence electrons. The Labute approximate surface area is 124 Å². The molecule has 1 N–H and O–H groups in total. The lowest BCUT2D eigenvalue weighted by Gasteiger charge is -2.51. The van der Waals surface area contributed by atoms with Gasteiger partial charge in [0.05, 0.1) is 11.3 Å². The molecular weight excluding hydrogens is 262 g/mol. The second kappa shape index (κ2) is 3.58. The minimum Gasteiger partial charge on any atom is -0.486 e. The molecule has 2 heterocycles. The van der Waals surface area contributed by atoms with E-state index < -0.39 is 6.10 Å². The molecule has 1 saturated heterocycles. The summed E-state index contributed by atoms with van der Waals surface area (Å²) in [4.78, 5) is 0. The molecule has 3 nitrogen and oxygen atoms in total. The molecule has 3 heteroatoms. The van der Waals surface area contributed by atoms with E-state index in [4.69, 9.17) is 4.74 Å². The van der Waals surface area contributed by atoms with Crippen LogP contribution in [0, 0.1) is 12.8 Å². The van der Waals surface area contributed by atoms with E-state index >= 15 is 0 Å². The molecule has 0 aromatic heterocycles. The van der Waals surface area contributed by atoms with E-state index in [0.717, 1.165) is 25.1 Å². The van der Waals surface area contributed by atoms with Crippen LogP contribution in [0.1, 0.15) is 23.1 Å². The summed E-state index contributed by atoms with van der Waals surface area (Å²) in [7, 11) is 0. The monoisotopic (exact) mass is 282 g/mol. The number of aliphatic hydroxyl groups excluding tert-OH is 1. The molecule has 2 bridgehead atoms. The number of rotatable bonds is 0. The normalized spacial score (nSPS) is 41.7. The third-order valence-corrected chi connectivity index (χ3v) is 6.20. The highest BCUT2D eigenvalue weighted by Gasteiger charge is 2.66. The quantitative estimate of drug-likeness (QED) is 0.579. The number of hydrogen-bond donors (Lipinski definition) is 1. The maximum Gasteiger partial charge on any atom is 0.163 e. The summed E-state index contributed by atoms with van der Waals surface area (Å²) in [5, 5.41) is 10.5. The molecule has 5 atom stereocenters. The van der Waals surface area contributed by atoms with Crippen LogP contribution in [0.4, 0.5) is 0 Å². The lowest BCUT2D eigenvalue weighted by atomic mass is 9.53. The summed E-state index contributed by atoms with van der Waals surface area (Å²) in [5.41, 5.74) is 3.95. The van der Waals surface area contributed by atoms with Crippen LogP contribution in [-0.4, -0.2) is 41.2 Å². The van der Waals surface area contributed by atoms with Crippen molar-refractivity contribution < 1.29 is 14.4 Å². The van der Waals surface area contributed by atoms with Crippen molar-refractivity contribution >= 4 is 6.72 Å². The van der Waals surface area contributed by atoms with Gasteiger partial charge >= 0.3 is 0 Å². The van der Waals surface area contributed by atoms with Crippen molar-refractivity contribution in [1.29, 1.82) is 0 Å². The predicted octanol–water partition coefficient (Wildman–Crippen LogP) is 1.58. The topological polar surface area (TPSA) is 32.5 Å². The smallest absolute Gasteiger partial charge is 0.163 e. The molecular formula is C18H20NO2+. The van der Waals surface area contributed by atoms with E-state index in [1.807, 2.05) is 6.08 Å². The second-order valence-corrected chi connectivity index (χ2v) is 7.06. The Balaban J connectivity index is 1.86. The van der Waals surface area contributed by atoms with Gasteiger partial charge in [0.25, 0.3) is 0 Å². The fourth-order valence-corrected chi connectivity index (χ4v) is 5.28. The van der Waals surface area contributed by atoms with Crippen LogP contribution >= 0.6 is 0 Å². The molecule has 21 heavy (non-hydrogen) atoms. The largest absolute Gasteiger partial charge is 0.486 e. The van der Waals surface area contributed by atoms with Gasteiger partial charge in [0.15, 0.2) is 6.04 Å². The Kier molecular flexibility index (Phi) is 2.05. The Bertz CT molecular complexity index is 707. The van der Waals surface area contributed by atoms with Gasteiger partial charge in [-0.25, -0.2) is 4.58 Å². The number of aliphatic hydroxyl groups is 1. The van der Waals surface area contributed by atoms with Crippen LogP contribution in [0.25, 0.3) is 0 Å². The number of benzene rings is 1. The van der Waals surface area contributed by atoms with Gasteiger partial charge in [-0.15, -0.1) is 0 Å². The Hall–Kier alpha value is -1.61. The minimum absolute atomic E-state index is 0.0397. The summed E-state index contributed by atoms with van der Waals surface area (Å²) in [6, 6.07) is 4.84. The standard InChI is InChI=1S/C18H20NO2/c1-10-3-4-11-9-13-12-5-6-14(20)17-18(12,7-8-19(13)2)15(11)16(10)21-17/h3-6,12-14,17,20H,2,7-9H2,1H3/q+1. The van der Waals surface area contributed by atoms with Crippen molar-refractivity contribution in [3.63, 3.8) is 0 Å². The van der Waals surface area contributed by atoms with Crippen LogP contribution in [0.15, 0.2) is 24.3 Å². The van der Waals surface area contributed by atoms with E-state index in [1.165, 1.54) is 16.7 Å². The Morgan fingerprint density at radius 2 is 2.24 bits per heavy atom. The summed E-state index contributed by atoms with van der Waals surface area (Å²) >= 11 is 0. The van der Waals surface area contributed by atoms with Gasteiger partial charge in [0, 0.05) is 18.4 Å². The molecule has 0 radical (unpaired) electrons. The van der Waals surface area contributed by atoms with Crippen LogP contribution in [0.2, 0.25) is 0 Å². The van der Waals surface area contributed by atoms with Crippen molar-refractivity contribution in [3.8, 4) is 5.75 Å². The molecule has 2 aliphatic carbocycles. The van der Waals surface area contributed by atoms with Crippen LogP contribution in [0.3, 0.4) is 0 Å². The molecule has 1 aromatic rings. The van der Waals surface area contributed by atoms with Gasteiger partial charge in [-0.3, -0.25) is 0 Å². The summed E-state index contributed by atoms with van der Waals surface area (Å²) in [6.07, 6.45) is 5.59. The molecule has 2 aliphatic heterocycles. The Morgan fingerprint density at radius 3 is 3.10 bits per heavy atom. The molecule has 0 saturated carbocycles. The maximum absolute atomic E-state index is 10.5. The van der Waals surface area contributed by atoms with Crippen molar-refractivity contribution in [3.05, 3.63) is 41.0 Å². The van der Waals surface area contributed by atoms with Crippen molar-refractivity contribution in [2.24, 2.45) is 5.92 Å². The van der Waals surface area contributed by atoms with Gasteiger partial charge in [-0.05, 0) is 18.1 Å². The van der Waals surface area contributed by atoms with Crippen LogP contribution in [-0.2, 0) is 11.8 Å². The number of nitrogens with zero attached hydrogens (tertiary/aromatic N) is 1. The van der Waals surface area contributed by atoms with Gasteiger partial charge in [-0.2, -0.15) is 0 Å².